The molecule has 2 amide bonds. The van der Waals surface area contributed by atoms with Crippen LogP contribution in [0.1, 0.15) is 52.2 Å². The Bertz CT molecular complexity index is 1140. The third-order valence-corrected chi connectivity index (χ3v) is 7.07. The molecule has 2 rings (SSSR count). The van der Waals surface area contributed by atoms with Gasteiger partial charge in [0, 0.05) is 13.1 Å². The minimum Gasteiger partial charge on any atom is -0.497 e. The van der Waals surface area contributed by atoms with Crippen molar-refractivity contribution in [3.63, 3.8) is 0 Å². The van der Waals surface area contributed by atoms with Crippen molar-refractivity contribution in [2.75, 3.05) is 30.8 Å². The molecule has 0 spiro atoms. The fourth-order valence-corrected chi connectivity index (χ4v) is 4.77. The molecule has 0 bridgehead atoms. The van der Waals surface area contributed by atoms with E-state index in [0.717, 1.165) is 21.7 Å². The van der Waals surface area contributed by atoms with Crippen molar-refractivity contribution in [3.05, 3.63) is 59.7 Å². The summed E-state index contributed by atoms with van der Waals surface area (Å²) in [6, 6.07) is 13.6. The van der Waals surface area contributed by atoms with E-state index < -0.39 is 28.5 Å². The van der Waals surface area contributed by atoms with Crippen LogP contribution in [-0.2, 0) is 31.6 Å². The summed E-state index contributed by atoms with van der Waals surface area (Å²) >= 11 is 0. The van der Waals surface area contributed by atoms with Gasteiger partial charge in [0.25, 0.3) is 0 Å². The first-order valence-corrected chi connectivity index (χ1v) is 13.9. The topological polar surface area (TPSA) is 96.0 Å². The summed E-state index contributed by atoms with van der Waals surface area (Å²) in [5, 5.41) is 2.79. The molecule has 198 valence electrons. The van der Waals surface area contributed by atoms with Gasteiger partial charge in [-0.25, -0.2) is 8.42 Å². The molecule has 0 aliphatic rings. The molecule has 36 heavy (non-hydrogen) atoms. The van der Waals surface area contributed by atoms with Crippen LogP contribution >= 0.6 is 0 Å². The third kappa shape index (κ3) is 7.71. The Morgan fingerprint density at radius 2 is 1.69 bits per heavy atom. The molecule has 1 unspecified atom stereocenters. The molecule has 0 saturated carbocycles. The van der Waals surface area contributed by atoms with E-state index in [4.69, 9.17) is 4.74 Å². The molecule has 2 aromatic carbocycles. The molecule has 2 aromatic rings. The number of carbonyl (C=O) groups excluding carboxylic acids is 2. The number of carbonyl (C=O) groups is 2. The summed E-state index contributed by atoms with van der Waals surface area (Å²) in [7, 11) is -2.22. The van der Waals surface area contributed by atoms with Crippen molar-refractivity contribution in [2.45, 2.75) is 59.0 Å². The largest absolute Gasteiger partial charge is 0.497 e. The molecule has 0 fully saturated rings. The zero-order valence-electron chi connectivity index (χ0n) is 22.4. The van der Waals surface area contributed by atoms with Crippen molar-refractivity contribution in [3.8, 4) is 5.75 Å². The average Bonchev–Trinajstić information content (AvgIpc) is 2.81. The summed E-state index contributed by atoms with van der Waals surface area (Å²) in [4.78, 5) is 28.0. The van der Waals surface area contributed by atoms with Gasteiger partial charge in [0.05, 0.1) is 19.1 Å². The highest BCUT2D eigenvalue weighted by molar-refractivity contribution is 7.92. The lowest BCUT2D eigenvalue weighted by Gasteiger charge is -2.33. The van der Waals surface area contributed by atoms with Gasteiger partial charge in [0.2, 0.25) is 21.8 Å². The van der Waals surface area contributed by atoms with Crippen LogP contribution in [0.15, 0.2) is 48.5 Å². The molecule has 0 aromatic heterocycles. The van der Waals surface area contributed by atoms with E-state index in [-0.39, 0.29) is 17.9 Å². The number of ether oxygens (including phenoxy) is 1. The Morgan fingerprint density at radius 3 is 2.19 bits per heavy atom. The van der Waals surface area contributed by atoms with Gasteiger partial charge in [-0.1, -0.05) is 52.0 Å². The Kier molecular flexibility index (Phi) is 9.93. The zero-order chi connectivity index (χ0) is 27.1. The van der Waals surface area contributed by atoms with Crippen LogP contribution in [0.2, 0.25) is 0 Å². The predicted molar refractivity (Wildman–Crippen MR) is 144 cm³/mol. The number of methoxy groups -OCH3 is 1. The number of likely N-dealkylation sites (N-methyl/N-ethyl adjacent to an activating group) is 1. The second-order valence-corrected chi connectivity index (χ2v) is 11.7. The third-order valence-electron chi connectivity index (χ3n) is 5.92. The highest BCUT2D eigenvalue weighted by Gasteiger charge is 2.31. The molecule has 8 nitrogen and oxygen atoms in total. The van der Waals surface area contributed by atoms with Crippen LogP contribution < -0.4 is 14.4 Å². The second-order valence-electron chi connectivity index (χ2n) is 9.76. The highest BCUT2D eigenvalue weighted by Crippen LogP contribution is 2.26. The minimum absolute atomic E-state index is 0.0984. The molecular weight excluding hydrogens is 478 g/mol. The van der Waals surface area contributed by atoms with Gasteiger partial charge in [-0.3, -0.25) is 13.9 Å². The molecular formula is C27H39N3O5S. The lowest BCUT2D eigenvalue weighted by atomic mass is 9.87. The lowest BCUT2D eigenvalue weighted by Crippen LogP contribution is -2.52. The maximum atomic E-state index is 13.7. The Balaban J connectivity index is 2.45. The van der Waals surface area contributed by atoms with Crippen molar-refractivity contribution < 1.29 is 22.7 Å². The normalized spacial score (nSPS) is 12.5. The van der Waals surface area contributed by atoms with E-state index in [2.05, 4.69) is 26.1 Å². The number of anilines is 1. The Hall–Kier alpha value is -3.07. The summed E-state index contributed by atoms with van der Waals surface area (Å²) < 4.78 is 31.9. The van der Waals surface area contributed by atoms with Crippen LogP contribution in [0.4, 0.5) is 5.69 Å². The van der Waals surface area contributed by atoms with Crippen LogP contribution in [0.3, 0.4) is 0 Å². The average molecular weight is 518 g/mol. The molecule has 0 radical (unpaired) electrons. The number of benzene rings is 2. The van der Waals surface area contributed by atoms with Gasteiger partial charge < -0.3 is 15.0 Å². The van der Waals surface area contributed by atoms with E-state index in [0.29, 0.717) is 24.4 Å². The van der Waals surface area contributed by atoms with E-state index in [1.807, 2.05) is 38.1 Å². The number of hydrogen-bond donors (Lipinski definition) is 1. The number of nitrogens with zero attached hydrogens (tertiary/aromatic N) is 2. The zero-order valence-corrected chi connectivity index (χ0v) is 23.2. The van der Waals surface area contributed by atoms with Gasteiger partial charge in [0.1, 0.15) is 18.3 Å². The maximum absolute atomic E-state index is 13.7. The van der Waals surface area contributed by atoms with Crippen molar-refractivity contribution >= 4 is 27.5 Å². The molecule has 1 N–H and O–H groups in total. The lowest BCUT2D eigenvalue weighted by molar-refractivity contribution is -0.140. The van der Waals surface area contributed by atoms with Crippen LogP contribution in [0, 0.1) is 0 Å². The van der Waals surface area contributed by atoms with Crippen LogP contribution in [0.25, 0.3) is 0 Å². The van der Waals surface area contributed by atoms with Crippen LogP contribution in [-0.4, -0.2) is 57.6 Å². The summed E-state index contributed by atoms with van der Waals surface area (Å²) in [5.41, 5.74) is 2.11. The molecule has 1 atom stereocenters. The summed E-state index contributed by atoms with van der Waals surface area (Å²) in [6.45, 7) is 9.98. The number of rotatable bonds is 11. The molecule has 0 aliphatic carbocycles. The van der Waals surface area contributed by atoms with Crippen molar-refractivity contribution in [1.82, 2.24) is 10.2 Å². The maximum Gasteiger partial charge on any atom is 0.244 e. The molecule has 9 heteroatoms. The first-order chi connectivity index (χ1) is 16.8. The van der Waals surface area contributed by atoms with E-state index in [9.17, 15) is 18.0 Å². The van der Waals surface area contributed by atoms with Gasteiger partial charge in [-0.2, -0.15) is 0 Å². The molecule has 0 aliphatic heterocycles. The fraction of sp³-hybridized carbons (Fsp3) is 0.481. The van der Waals surface area contributed by atoms with Gasteiger partial charge in [-0.15, -0.1) is 0 Å². The molecule has 0 heterocycles. The monoisotopic (exact) mass is 517 g/mol. The highest BCUT2D eigenvalue weighted by atomic mass is 32.2. The quantitative estimate of drug-likeness (QED) is 0.490. The predicted octanol–water partition coefficient (Wildman–Crippen LogP) is 3.70. The number of nitrogens with one attached hydrogen (secondary N) is 1. The van der Waals surface area contributed by atoms with Crippen molar-refractivity contribution in [2.24, 2.45) is 0 Å². The Labute approximate surface area is 215 Å². The van der Waals surface area contributed by atoms with Crippen molar-refractivity contribution in [1.29, 1.82) is 0 Å². The standard InChI is InChI=1S/C27H39N3O5S/c1-8-24(26(32)28-9-2)29(18-20-11-10-12-23(17-20)35-6)25(31)19-30(36(7,33)34)22-15-13-21(14-16-22)27(3,4)5/h10-17,24H,8-9,18-19H2,1-7H3,(H,28,32). The SMILES string of the molecule is CCNC(=O)C(CC)N(Cc1cccc(OC)c1)C(=O)CN(c1ccc(C(C)(C)C)cc1)S(C)(=O)=O. The number of hydrogen-bond acceptors (Lipinski definition) is 5. The second kappa shape index (κ2) is 12.3. The first kappa shape index (κ1) is 29.2. The van der Waals surface area contributed by atoms with E-state index in [1.165, 1.54) is 4.90 Å². The molecule has 0 saturated heterocycles. The fourth-order valence-electron chi connectivity index (χ4n) is 3.92. The van der Waals surface area contributed by atoms with Gasteiger partial charge in [0.15, 0.2) is 0 Å². The van der Waals surface area contributed by atoms with E-state index >= 15 is 0 Å². The number of sulfonamides is 1. The summed E-state index contributed by atoms with van der Waals surface area (Å²) in [5.74, 6) is -0.124. The first-order valence-electron chi connectivity index (χ1n) is 12.1. The van der Waals surface area contributed by atoms with Gasteiger partial charge in [-0.05, 0) is 54.2 Å². The summed E-state index contributed by atoms with van der Waals surface area (Å²) in [6.07, 6.45) is 1.45. The number of amides is 2. The van der Waals surface area contributed by atoms with Crippen LogP contribution in [0.5, 0.6) is 5.75 Å². The van der Waals surface area contributed by atoms with E-state index in [1.54, 1.807) is 31.4 Å². The minimum atomic E-state index is -3.78. The Morgan fingerprint density at radius 1 is 1.06 bits per heavy atom. The smallest absolute Gasteiger partial charge is 0.244 e. The van der Waals surface area contributed by atoms with Gasteiger partial charge >= 0.3 is 0 Å².